The van der Waals surface area contributed by atoms with Crippen LogP contribution in [0, 0.1) is 5.41 Å². The standard InChI is InChI=1S/C16H30N2O2.ClH/c1-4-20-13-12-16(17,15(13,2)3)14(19)18-10-8-6-5-7-9-11-18;/h13H,4-12,17H2,1-3H3;1H. The van der Waals surface area contributed by atoms with E-state index < -0.39 is 5.54 Å². The second kappa shape index (κ2) is 7.30. The van der Waals surface area contributed by atoms with E-state index >= 15 is 0 Å². The Morgan fingerprint density at radius 2 is 1.71 bits per heavy atom. The van der Waals surface area contributed by atoms with Crippen LogP contribution in [-0.4, -0.2) is 42.1 Å². The zero-order valence-corrected chi connectivity index (χ0v) is 14.5. The molecule has 1 aliphatic heterocycles. The van der Waals surface area contributed by atoms with Crippen molar-refractivity contribution in [2.24, 2.45) is 11.1 Å². The van der Waals surface area contributed by atoms with Gasteiger partial charge in [-0.05, 0) is 19.8 Å². The molecule has 1 aliphatic carbocycles. The second-order valence-electron chi connectivity index (χ2n) is 6.90. The van der Waals surface area contributed by atoms with Gasteiger partial charge in [0.2, 0.25) is 5.91 Å². The van der Waals surface area contributed by atoms with Crippen LogP contribution in [0.3, 0.4) is 0 Å². The largest absolute Gasteiger partial charge is 0.378 e. The van der Waals surface area contributed by atoms with E-state index in [0.717, 1.165) is 25.9 Å². The van der Waals surface area contributed by atoms with Crippen molar-refractivity contribution in [1.82, 2.24) is 4.90 Å². The first-order valence-electron chi connectivity index (χ1n) is 8.13. The molecular formula is C16H31ClN2O2. The molecule has 0 aromatic carbocycles. The van der Waals surface area contributed by atoms with E-state index in [0.29, 0.717) is 13.0 Å². The van der Waals surface area contributed by atoms with Gasteiger partial charge in [-0.15, -0.1) is 12.4 Å². The van der Waals surface area contributed by atoms with Crippen LogP contribution in [0.1, 0.15) is 59.3 Å². The predicted molar refractivity (Wildman–Crippen MR) is 87.6 cm³/mol. The van der Waals surface area contributed by atoms with E-state index in [1.165, 1.54) is 19.3 Å². The highest BCUT2D eigenvalue weighted by Gasteiger charge is 2.63. The van der Waals surface area contributed by atoms with E-state index in [9.17, 15) is 4.79 Å². The maximum absolute atomic E-state index is 12.9. The summed E-state index contributed by atoms with van der Waals surface area (Å²) in [6, 6.07) is 0. The Balaban J connectivity index is 0.00000220. The lowest BCUT2D eigenvalue weighted by atomic mass is 9.54. The first-order chi connectivity index (χ1) is 9.43. The van der Waals surface area contributed by atoms with Crippen molar-refractivity contribution in [3.05, 3.63) is 0 Å². The van der Waals surface area contributed by atoms with Gasteiger partial charge in [0.1, 0.15) is 5.54 Å². The number of hydrogen-bond donors (Lipinski definition) is 1. The molecule has 21 heavy (non-hydrogen) atoms. The number of rotatable bonds is 3. The minimum atomic E-state index is -0.744. The lowest BCUT2D eigenvalue weighted by molar-refractivity contribution is -0.179. The fraction of sp³-hybridized carbons (Fsp3) is 0.938. The third-order valence-electron chi connectivity index (χ3n) is 5.35. The number of hydrogen-bond acceptors (Lipinski definition) is 3. The van der Waals surface area contributed by atoms with Crippen molar-refractivity contribution in [1.29, 1.82) is 0 Å². The highest BCUT2D eigenvalue weighted by atomic mass is 35.5. The molecule has 0 aromatic heterocycles. The lowest BCUT2D eigenvalue weighted by Crippen LogP contribution is -2.76. The Kier molecular flexibility index (Phi) is 6.51. The van der Waals surface area contributed by atoms with Crippen LogP contribution in [0.15, 0.2) is 0 Å². The summed E-state index contributed by atoms with van der Waals surface area (Å²) in [5, 5.41) is 0. The van der Waals surface area contributed by atoms with Crippen molar-refractivity contribution in [3.8, 4) is 0 Å². The van der Waals surface area contributed by atoms with Gasteiger partial charge in [0, 0.05) is 31.5 Å². The molecule has 2 aliphatic rings. The van der Waals surface area contributed by atoms with E-state index in [2.05, 4.69) is 13.8 Å². The molecule has 0 aromatic rings. The maximum atomic E-state index is 12.9. The van der Waals surface area contributed by atoms with Crippen molar-refractivity contribution >= 4 is 18.3 Å². The van der Waals surface area contributed by atoms with Crippen LogP contribution in [0.5, 0.6) is 0 Å². The molecule has 2 fully saturated rings. The number of likely N-dealkylation sites (tertiary alicyclic amines) is 1. The third-order valence-corrected chi connectivity index (χ3v) is 5.35. The Hall–Kier alpha value is -0.320. The van der Waals surface area contributed by atoms with Crippen LogP contribution >= 0.6 is 12.4 Å². The average molecular weight is 319 g/mol. The number of nitrogens with two attached hydrogens (primary N) is 1. The summed E-state index contributed by atoms with van der Waals surface area (Å²) in [7, 11) is 0. The van der Waals surface area contributed by atoms with E-state index in [4.69, 9.17) is 10.5 Å². The predicted octanol–water partition coefficient (Wildman–Crippen LogP) is 2.73. The molecule has 1 heterocycles. The number of amides is 1. The van der Waals surface area contributed by atoms with Crippen molar-refractivity contribution < 1.29 is 9.53 Å². The zero-order valence-electron chi connectivity index (χ0n) is 13.7. The van der Waals surface area contributed by atoms with Crippen LogP contribution in [-0.2, 0) is 9.53 Å². The molecule has 2 atom stereocenters. The van der Waals surface area contributed by atoms with E-state index in [1.54, 1.807) is 0 Å². The minimum absolute atomic E-state index is 0. The molecule has 0 bridgehead atoms. The molecule has 124 valence electrons. The highest BCUT2D eigenvalue weighted by molar-refractivity contribution is 5.89. The second-order valence-corrected chi connectivity index (χ2v) is 6.90. The fourth-order valence-electron chi connectivity index (χ4n) is 3.53. The highest BCUT2D eigenvalue weighted by Crippen LogP contribution is 2.50. The van der Waals surface area contributed by atoms with Crippen LogP contribution in [0.25, 0.3) is 0 Å². The van der Waals surface area contributed by atoms with Gasteiger partial charge in [-0.2, -0.15) is 0 Å². The number of nitrogens with zero attached hydrogens (tertiary/aromatic N) is 1. The van der Waals surface area contributed by atoms with Gasteiger partial charge in [-0.3, -0.25) is 4.79 Å². The lowest BCUT2D eigenvalue weighted by Gasteiger charge is -2.58. The number of ether oxygens (including phenoxy) is 1. The van der Waals surface area contributed by atoms with Crippen molar-refractivity contribution in [2.45, 2.75) is 70.9 Å². The number of carbonyl (C=O) groups excluding carboxylic acids is 1. The van der Waals surface area contributed by atoms with Gasteiger partial charge in [0.15, 0.2) is 0 Å². The molecule has 2 unspecified atom stereocenters. The quantitative estimate of drug-likeness (QED) is 0.870. The van der Waals surface area contributed by atoms with Crippen molar-refractivity contribution in [2.75, 3.05) is 19.7 Å². The summed E-state index contributed by atoms with van der Waals surface area (Å²) >= 11 is 0. The minimum Gasteiger partial charge on any atom is -0.378 e. The summed E-state index contributed by atoms with van der Waals surface area (Å²) in [5.74, 6) is 0.139. The van der Waals surface area contributed by atoms with Gasteiger partial charge in [0.05, 0.1) is 6.10 Å². The Bertz CT molecular complexity index is 354. The van der Waals surface area contributed by atoms with Gasteiger partial charge in [0.25, 0.3) is 0 Å². The van der Waals surface area contributed by atoms with Crippen LogP contribution in [0.4, 0.5) is 0 Å². The molecule has 4 nitrogen and oxygen atoms in total. The van der Waals surface area contributed by atoms with Crippen molar-refractivity contribution in [3.63, 3.8) is 0 Å². The summed E-state index contributed by atoms with van der Waals surface area (Å²) in [6.45, 7) is 8.55. The first-order valence-corrected chi connectivity index (χ1v) is 8.13. The van der Waals surface area contributed by atoms with Gasteiger partial charge < -0.3 is 15.4 Å². The summed E-state index contributed by atoms with van der Waals surface area (Å²) in [4.78, 5) is 14.9. The van der Waals surface area contributed by atoms with Gasteiger partial charge in [-0.25, -0.2) is 0 Å². The van der Waals surface area contributed by atoms with Gasteiger partial charge >= 0.3 is 0 Å². The molecule has 2 N–H and O–H groups in total. The fourth-order valence-corrected chi connectivity index (χ4v) is 3.53. The summed E-state index contributed by atoms with van der Waals surface area (Å²) < 4.78 is 5.72. The molecular weight excluding hydrogens is 288 g/mol. The van der Waals surface area contributed by atoms with E-state index in [1.807, 2.05) is 11.8 Å². The third kappa shape index (κ3) is 3.38. The smallest absolute Gasteiger partial charge is 0.243 e. The summed E-state index contributed by atoms with van der Waals surface area (Å²) in [5.41, 5.74) is 5.48. The number of halogens is 1. The maximum Gasteiger partial charge on any atom is 0.243 e. The molecule has 0 spiro atoms. The number of carbonyl (C=O) groups is 1. The molecule has 1 amide bonds. The topological polar surface area (TPSA) is 55.6 Å². The molecule has 5 heteroatoms. The Morgan fingerprint density at radius 3 is 2.19 bits per heavy atom. The Morgan fingerprint density at radius 1 is 1.19 bits per heavy atom. The van der Waals surface area contributed by atoms with Crippen LogP contribution < -0.4 is 5.73 Å². The molecule has 1 saturated heterocycles. The molecule has 0 radical (unpaired) electrons. The monoisotopic (exact) mass is 318 g/mol. The average Bonchev–Trinajstić information content (AvgIpc) is 2.37. The van der Waals surface area contributed by atoms with E-state index in [-0.39, 0.29) is 29.8 Å². The van der Waals surface area contributed by atoms with Gasteiger partial charge in [-0.1, -0.05) is 33.1 Å². The Labute approximate surface area is 135 Å². The summed E-state index contributed by atoms with van der Waals surface area (Å²) in [6.07, 6.45) is 6.74. The first kappa shape index (κ1) is 18.7. The SMILES string of the molecule is CCOC1CC(N)(C(=O)N2CCCCCCC2)C1(C)C.Cl. The zero-order chi connectivity index (χ0) is 14.8. The van der Waals surface area contributed by atoms with Crippen LogP contribution in [0.2, 0.25) is 0 Å². The molecule has 2 rings (SSSR count). The normalized spacial score (nSPS) is 32.4. The molecule has 1 saturated carbocycles.